The van der Waals surface area contributed by atoms with Gasteiger partial charge in [-0.05, 0) is 37.8 Å². The number of benzene rings is 2. The van der Waals surface area contributed by atoms with Crippen LogP contribution >= 0.6 is 0 Å². The Labute approximate surface area is 206 Å². The molecule has 1 aliphatic rings. The fraction of sp³-hybridized carbons (Fsp3) is 0.310. The highest BCUT2D eigenvalue weighted by Gasteiger charge is 2.30. The van der Waals surface area contributed by atoms with Crippen LogP contribution in [0, 0.1) is 6.92 Å². The van der Waals surface area contributed by atoms with Crippen LogP contribution in [0.15, 0.2) is 60.9 Å². The number of nitrogens with zero attached hydrogens (tertiary/aromatic N) is 5. The van der Waals surface area contributed by atoms with Gasteiger partial charge in [-0.3, -0.25) is 9.69 Å². The van der Waals surface area contributed by atoms with E-state index in [-0.39, 0.29) is 5.91 Å². The first kappa shape index (κ1) is 23.0. The van der Waals surface area contributed by atoms with E-state index in [1.54, 1.807) is 4.90 Å². The zero-order valence-corrected chi connectivity index (χ0v) is 21.0. The zero-order valence-electron chi connectivity index (χ0n) is 21.0. The minimum atomic E-state index is 0.0543. The third-order valence-electron chi connectivity index (χ3n) is 6.61. The van der Waals surface area contributed by atoms with E-state index in [9.17, 15) is 4.79 Å². The summed E-state index contributed by atoms with van der Waals surface area (Å²) in [7, 11) is 0. The molecule has 3 heterocycles. The van der Waals surface area contributed by atoms with Crippen LogP contribution in [0.25, 0.3) is 22.8 Å². The molecule has 0 aliphatic carbocycles. The van der Waals surface area contributed by atoms with E-state index in [0.717, 1.165) is 33.8 Å². The quantitative estimate of drug-likeness (QED) is 0.345. The van der Waals surface area contributed by atoms with E-state index in [0.29, 0.717) is 36.6 Å². The molecule has 0 radical (unpaired) electrons. The summed E-state index contributed by atoms with van der Waals surface area (Å²) in [6.07, 6.45) is 4.06. The predicted octanol–water partition coefficient (Wildman–Crippen LogP) is 6.11. The molecule has 1 amide bonds. The first-order valence-corrected chi connectivity index (χ1v) is 12.2. The molecule has 0 saturated carbocycles. The Balaban J connectivity index is 1.43. The number of amides is 1. The van der Waals surface area contributed by atoms with Crippen LogP contribution < -0.4 is 4.90 Å². The Bertz CT molecular complexity index is 1380. The second-order valence-electron chi connectivity index (χ2n) is 9.82. The van der Waals surface area contributed by atoms with Crippen molar-refractivity contribution in [2.45, 2.75) is 59.5 Å². The maximum absolute atomic E-state index is 12.9. The molecule has 0 saturated heterocycles. The van der Waals surface area contributed by atoms with Gasteiger partial charge < -0.3 is 4.57 Å². The number of anilines is 1. The second-order valence-corrected chi connectivity index (χ2v) is 9.82. The lowest BCUT2D eigenvalue weighted by Gasteiger charge is -2.18. The highest BCUT2D eigenvalue weighted by Crippen LogP contribution is 2.33. The lowest BCUT2D eigenvalue weighted by molar-refractivity contribution is -0.117. The maximum atomic E-state index is 12.9. The summed E-state index contributed by atoms with van der Waals surface area (Å²) in [5, 5.41) is 0. The van der Waals surface area contributed by atoms with Gasteiger partial charge in [0.25, 0.3) is 0 Å². The van der Waals surface area contributed by atoms with E-state index in [1.807, 2.05) is 24.5 Å². The Morgan fingerprint density at radius 2 is 1.69 bits per heavy atom. The summed E-state index contributed by atoms with van der Waals surface area (Å²) in [6.45, 7) is 11.2. The number of carbonyl (C=O) groups excluding carboxylic acids is 1. The van der Waals surface area contributed by atoms with Crippen LogP contribution in [-0.4, -0.2) is 25.4 Å². The monoisotopic (exact) mass is 465 g/mol. The van der Waals surface area contributed by atoms with Crippen molar-refractivity contribution in [2.75, 3.05) is 4.90 Å². The number of aryl methyl sites for hydroxylation is 1. The standard InChI is InChI=1S/C29H31N5O/c1-18(2)24-8-6-7-9-25(24)27-30-16-23-14-26(35)33(29(23)32-27)17-21-10-12-22(13-11-21)28-31-15-20(5)34(28)19(3)4/h6-13,15-16,18-19H,14,17H2,1-5H3. The molecule has 0 unspecified atom stereocenters. The average Bonchev–Trinajstić information content (AvgIpc) is 3.38. The minimum Gasteiger partial charge on any atom is -0.326 e. The van der Waals surface area contributed by atoms with Crippen molar-refractivity contribution in [1.82, 2.24) is 19.5 Å². The summed E-state index contributed by atoms with van der Waals surface area (Å²) >= 11 is 0. The fourth-order valence-corrected chi connectivity index (χ4v) is 4.88. The van der Waals surface area contributed by atoms with Crippen LogP contribution in [0.2, 0.25) is 0 Å². The molecule has 178 valence electrons. The summed E-state index contributed by atoms with van der Waals surface area (Å²) in [5.74, 6) is 2.76. The average molecular weight is 466 g/mol. The van der Waals surface area contributed by atoms with Crippen molar-refractivity contribution < 1.29 is 4.79 Å². The van der Waals surface area contributed by atoms with Crippen LogP contribution in [0.3, 0.4) is 0 Å². The van der Waals surface area contributed by atoms with Gasteiger partial charge in [0, 0.05) is 40.8 Å². The molecule has 35 heavy (non-hydrogen) atoms. The highest BCUT2D eigenvalue weighted by molar-refractivity contribution is 6.00. The number of carbonyl (C=O) groups is 1. The molecule has 0 atom stereocenters. The number of hydrogen-bond donors (Lipinski definition) is 0. The Morgan fingerprint density at radius 1 is 0.943 bits per heavy atom. The Morgan fingerprint density at radius 3 is 2.40 bits per heavy atom. The van der Waals surface area contributed by atoms with Crippen LogP contribution in [-0.2, 0) is 17.8 Å². The van der Waals surface area contributed by atoms with Gasteiger partial charge in [-0.2, -0.15) is 0 Å². The summed E-state index contributed by atoms with van der Waals surface area (Å²) in [4.78, 5) is 28.8. The molecule has 0 fully saturated rings. The van der Waals surface area contributed by atoms with E-state index >= 15 is 0 Å². The molecule has 0 bridgehead atoms. The summed E-state index contributed by atoms with van der Waals surface area (Å²) in [5.41, 5.74) is 6.37. The van der Waals surface area contributed by atoms with Gasteiger partial charge in [0.2, 0.25) is 5.91 Å². The van der Waals surface area contributed by atoms with Gasteiger partial charge in [-0.1, -0.05) is 62.4 Å². The van der Waals surface area contributed by atoms with Crippen LogP contribution in [0.4, 0.5) is 5.82 Å². The molecule has 2 aromatic heterocycles. The van der Waals surface area contributed by atoms with E-state index in [4.69, 9.17) is 4.98 Å². The molecular weight excluding hydrogens is 434 g/mol. The first-order valence-electron chi connectivity index (χ1n) is 12.2. The SMILES string of the molecule is Cc1cnc(-c2ccc(CN3C(=O)Cc4cnc(-c5ccccc5C(C)C)nc43)cc2)n1C(C)C. The fourth-order valence-electron chi connectivity index (χ4n) is 4.88. The number of imidazole rings is 1. The van der Waals surface area contributed by atoms with E-state index in [1.165, 1.54) is 5.56 Å². The normalized spacial score (nSPS) is 13.2. The van der Waals surface area contributed by atoms with Gasteiger partial charge in [0.1, 0.15) is 11.6 Å². The lowest BCUT2D eigenvalue weighted by Crippen LogP contribution is -2.26. The minimum absolute atomic E-state index is 0.0543. The van der Waals surface area contributed by atoms with Gasteiger partial charge in [-0.15, -0.1) is 0 Å². The number of rotatable bonds is 6. The van der Waals surface area contributed by atoms with Gasteiger partial charge >= 0.3 is 0 Å². The number of hydrogen-bond acceptors (Lipinski definition) is 4. The molecule has 1 aliphatic heterocycles. The summed E-state index contributed by atoms with van der Waals surface area (Å²) in [6, 6.07) is 16.9. The third kappa shape index (κ3) is 4.25. The first-order chi connectivity index (χ1) is 16.8. The molecule has 0 N–H and O–H groups in total. The second kappa shape index (κ2) is 9.10. The third-order valence-corrected chi connectivity index (χ3v) is 6.61. The molecule has 4 aromatic rings. The van der Waals surface area contributed by atoms with Crippen molar-refractivity contribution in [1.29, 1.82) is 0 Å². The van der Waals surface area contributed by atoms with Crippen molar-refractivity contribution in [2.24, 2.45) is 0 Å². The zero-order chi connectivity index (χ0) is 24.7. The molecule has 6 nitrogen and oxygen atoms in total. The predicted molar refractivity (Wildman–Crippen MR) is 139 cm³/mol. The number of aromatic nitrogens is 4. The molecular formula is C29H31N5O. The topological polar surface area (TPSA) is 63.9 Å². The van der Waals surface area contributed by atoms with Crippen LogP contribution in [0.5, 0.6) is 0 Å². The van der Waals surface area contributed by atoms with E-state index in [2.05, 4.69) is 85.6 Å². The van der Waals surface area contributed by atoms with Gasteiger partial charge in [0.05, 0.1) is 13.0 Å². The van der Waals surface area contributed by atoms with Gasteiger partial charge in [-0.25, -0.2) is 15.0 Å². The largest absolute Gasteiger partial charge is 0.326 e. The number of fused-ring (bicyclic) bond motifs is 1. The lowest BCUT2D eigenvalue weighted by atomic mass is 9.97. The highest BCUT2D eigenvalue weighted by atomic mass is 16.2. The Kier molecular flexibility index (Phi) is 5.97. The van der Waals surface area contributed by atoms with Crippen molar-refractivity contribution in [3.63, 3.8) is 0 Å². The van der Waals surface area contributed by atoms with Crippen molar-refractivity contribution in [3.05, 3.63) is 83.3 Å². The van der Waals surface area contributed by atoms with Crippen molar-refractivity contribution in [3.8, 4) is 22.8 Å². The van der Waals surface area contributed by atoms with Crippen LogP contribution in [0.1, 0.15) is 62.0 Å². The van der Waals surface area contributed by atoms with Gasteiger partial charge in [0.15, 0.2) is 5.82 Å². The maximum Gasteiger partial charge on any atom is 0.233 e. The smallest absolute Gasteiger partial charge is 0.233 e. The molecule has 6 heteroatoms. The Hall–Kier alpha value is -3.80. The molecule has 2 aromatic carbocycles. The molecule has 5 rings (SSSR count). The van der Waals surface area contributed by atoms with Crippen molar-refractivity contribution >= 4 is 11.7 Å². The summed E-state index contributed by atoms with van der Waals surface area (Å²) < 4.78 is 2.24. The van der Waals surface area contributed by atoms with E-state index < -0.39 is 0 Å². The molecule has 0 spiro atoms.